The van der Waals surface area contributed by atoms with E-state index >= 15 is 0 Å². The predicted molar refractivity (Wildman–Crippen MR) is 130 cm³/mol. The van der Waals surface area contributed by atoms with Gasteiger partial charge in [-0.2, -0.15) is 0 Å². The van der Waals surface area contributed by atoms with Gasteiger partial charge in [0.15, 0.2) is 5.16 Å². The average molecular weight is 480 g/mol. The molecule has 0 saturated heterocycles. The molecule has 3 heterocycles. The first-order valence-corrected chi connectivity index (χ1v) is 12.0. The van der Waals surface area contributed by atoms with Crippen molar-refractivity contribution in [1.82, 2.24) is 14.5 Å². The summed E-state index contributed by atoms with van der Waals surface area (Å²) >= 11 is 7.43. The van der Waals surface area contributed by atoms with Crippen molar-refractivity contribution in [3.8, 4) is 0 Å². The van der Waals surface area contributed by atoms with E-state index in [0.717, 1.165) is 6.42 Å². The number of thioether (sulfide) groups is 1. The van der Waals surface area contributed by atoms with E-state index in [1.165, 1.54) is 22.9 Å². The highest BCUT2D eigenvalue weighted by Crippen LogP contribution is 2.27. The lowest BCUT2D eigenvalue weighted by Gasteiger charge is -2.30. The highest BCUT2D eigenvalue weighted by atomic mass is 35.5. The lowest BCUT2D eigenvalue weighted by molar-refractivity contribution is -0.131. The Morgan fingerprint density at radius 1 is 1.18 bits per heavy atom. The van der Waals surface area contributed by atoms with Crippen molar-refractivity contribution in [2.45, 2.75) is 36.8 Å². The standard InChI is InChI=1S/C25H22ClN3O3S/c1-16(23(30)28-11-10-17-5-2-3-6-18(17)14-28)33-25-27-22-13-19(26)8-9-21(22)24(31)29(25)15-20-7-4-12-32-20/h2-9,12-13,16H,10-11,14-15H2,1H3. The number of benzene rings is 2. The number of rotatable bonds is 5. The van der Waals surface area contributed by atoms with Crippen LogP contribution in [-0.2, 0) is 24.3 Å². The van der Waals surface area contributed by atoms with Gasteiger partial charge >= 0.3 is 0 Å². The van der Waals surface area contributed by atoms with Gasteiger partial charge in [0.1, 0.15) is 5.76 Å². The summed E-state index contributed by atoms with van der Waals surface area (Å²) in [5.74, 6) is 0.667. The molecule has 1 atom stereocenters. The van der Waals surface area contributed by atoms with Crippen LogP contribution in [-0.4, -0.2) is 32.2 Å². The van der Waals surface area contributed by atoms with Crippen molar-refractivity contribution in [1.29, 1.82) is 0 Å². The Kier molecular flexibility index (Phi) is 6.00. The van der Waals surface area contributed by atoms with Crippen molar-refractivity contribution >= 4 is 40.2 Å². The van der Waals surface area contributed by atoms with Gasteiger partial charge in [-0.25, -0.2) is 4.98 Å². The molecule has 0 radical (unpaired) electrons. The van der Waals surface area contributed by atoms with Gasteiger partial charge in [0.05, 0.1) is 29.0 Å². The van der Waals surface area contributed by atoms with E-state index in [1.807, 2.05) is 30.0 Å². The summed E-state index contributed by atoms with van der Waals surface area (Å²) < 4.78 is 7.03. The fourth-order valence-corrected chi connectivity index (χ4v) is 5.27. The van der Waals surface area contributed by atoms with Crippen LogP contribution in [0.2, 0.25) is 5.02 Å². The Hall–Kier alpha value is -3.03. The molecule has 1 unspecified atom stereocenters. The lowest BCUT2D eigenvalue weighted by Crippen LogP contribution is -2.40. The Labute approximate surface area is 200 Å². The van der Waals surface area contributed by atoms with Crippen LogP contribution in [0, 0.1) is 0 Å². The largest absolute Gasteiger partial charge is 0.467 e. The molecule has 6 nitrogen and oxygen atoms in total. The summed E-state index contributed by atoms with van der Waals surface area (Å²) in [6.07, 6.45) is 2.41. The number of hydrogen-bond donors (Lipinski definition) is 0. The molecular formula is C25H22ClN3O3S. The fraction of sp³-hybridized carbons (Fsp3) is 0.240. The van der Waals surface area contributed by atoms with E-state index in [9.17, 15) is 9.59 Å². The van der Waals surface area contributed by atoms with Gasteiger partial charge in [-0.15, -0.1) is 0 Å². The van der Waals surface area contributed by atoms with Gasteiger partial charge in [-0.05, 0) is 54.8 Å². The number of fused-ring (bicyclic) bond motifs is 2. The second-order valence-corrected chi connectivity index (χ2v) is 9.81. The maximum Gasteiger partial charge on any atom is 0.262 e. The molecule has 8 heteroatoms. The van der Waals surface area contributed by atoms with Gasteiger partial charge in [0, 0.05) is 18.1 Å². The van der Waals surface area contributed by atoms with Crippen molar-refractivity contribution in [3.63, 3.8) is 0 Å². The SMILES string of the molecule is CC(Sc1nc2cc(Cl)ccc2c(=O)n1Cc1ccco1)C(=O)N1CCc2ccccc2C1. The first-order valence-electron chi connectivity index (χ1n) is 10.7. The molecule has 1 aliphatic heterocycles. The third kappa shape index (κ3) is 4.43. The van der Waals surface area contributed by atoms with Crippen LogP contribution in [0.5, 0.6) is 0 Å². The minimum Gasteiger partial charge on any atom is -0.467 e. The molecule has 168 valence electrons. The second-order valence-electron chi connectivity index (χ2n) is 8.07. The summed E-state index contributed by atoms with van der Waals surface area (Å²) in [6.45, 7) is 3.37. The zero-order chi connectivity index (χ0) is 22.9. The van der Waals surface area contributed by atoms with Crippen molar-refractivity contribution < 1.29 is 9.21 Å². The summed E-state index contributed by atoms with van der Waals surface area (Å²) in [6, 6.07) is 16.8. The van der Waals surface area contributed by atoms with Gasteiger partial charge in [-0.1, -0.05) is 47.6 Å². The Morgan fingerprint density at radius 3 is 2.79 bits per heavy atom. The van der Waals surface area contributed by atoms with Crippen LogP contribution in [0.4, 0.5) is 0 Å². The molecule has 5 rings (SSSR count). The van der Waals surface area contributed by atoms with Gasteiger partial charge in [-0.3, -0.25) is 14.2 Å². The number of nitrogens with zero attached hydrogens (tertiary/aromatic N) is 3. The lowest BCUT2D eigenvalue weighted by atomic mass is 10.00. The van der Waals surface area contributed by atoms with Crippen LogP contribution >= 0.6 is 23.4 Å². The van der Waals surface area contributed by atoms with Crippen LogP contribution in [0.25, 0.3) is 10.9 Å². The predicted octanol–water partition coefficient (Wildman–Crippen LogP) is 4.76. The smallest absolute Gasteiger partial charge is 0.262 e. The molecule has 2 aromatic carbocycles. The first-order chi connectivity index (χ1) is 16.0. The van der Waals surface area contributed by atoms with E-state index in [2.05, 4.69) is 12.1 Å². The molecule has 0 spiro atoms. The summed E-state index contributed by atoms with van der Waals surface area (Å²) in [4.78, 5) is 33.2. The van der Waals surface area contributed by atoms with Gasteiger partial charge in [0.25, 0.3) is 5.56 Å². The number of hydrogen-bond acceptors (Lipinski definition) is 5. The maximum absolute atomic E-state index is 13.3. The molecule has 33 heavy (non-hydrogen) atoms. The molecule has 0 saturated carbocycles. The third-order valence-corrected chi connectivity index (χ3v) is 7.16. The molecule has 0 fully saturated rings. The first kappa shape index (κ1) is 21.8. The molecule has 0 aliphatic carbocycles. The number of halogens is 1. The minimum atomic E-state index is -0.415. The number of carbonyl (C=O) groups excluding carboxylic acids is 1. The quantitative estimate of drug-likeness (QED) is 0.305. The van der Waals surface area contributed by atoms with E-state index in [1.54, 1.807) is 35.1 Å². The zero-order valence-electron chi connectivity index (χ0n) is 18.0. The molecule has 1 aliphatic rings. The molecule has 4 aromatic rings. The highest BCUT2D eigenvalue weighted by molar-refractivity contribution is 8.00. The van der Waals surface area contributed by atoms with Gasteiger partial charge < -0.3 is 9.32 Å². The van der Waals surface area contributed by atoms with Crippen molar-refractivity contribution in [3.05, 3.63) is 93.1 Å². The molecular weight excluding hydrogens is 458 g/mol. The van der Waals surface area contributed by atoms with E-state index in [0.29, 0.717) is 39.9 Å². The maximum atomic E-state index is 13.3. The summed E-state index contributed by atoms with van der Waals surface area (Å²) in [5, 5.41) is 1.03. The monoisotopic (exact) mass is 479 g/mol. The Bertz CT molecular complexity index is 1380. The Morgan fingerprint density at radius 2 is 2.00 bits per heavy atom. The van der Waals surface area contributed by atoms with Crippen molar-refractivity contribution in [2.24, 2.45) is 0 Å². The topological polar surface area (TPSA) is 68.3 Å². The highest BCUT2D eigenvalue weighted by Gasteiger charge is 2.27. The summed E-state index contributed by atoms with van der Waals surface area (Å²) in [5.41, 5.74) is 2.80. The van der Waals surface area contributed by atoms with Crippen molar-refractivity contribution in [2.75, 3.05) is 6.54 Å². The second kappa shape index (κ2) is 9.08. The normalized spacial score (nSPS) is 14.3. The fourth-order valence-electron chi connectivity index (χ4n) is 4.11. The van der Waals surface area contributed by atoms with Crippen LogP contribution < -0.4 is 5.56 Å². The molecule has 0 bridgehead atoms. The van der Waals surface area contributed by atoms with Gasteiger partial charge in [0.2, 0.25) is 5.91 Å². The third-order valence-electron chi connectivity index (χ3n) is 5.85. The minimum absolute atomic E-state index is 0.0273. The summed E-state index contributed by atoms with van der Waals surface area (Å²) in [7, 11) is 0. The molecule has 1 amide bonds. The number of carbonyl (C=O) groups is 1. The van der Waals surface area contributed by atoms with Crippen LogP contribution in [0.3, 0.4) is 0 Å². The molecule has 2 aromatic heterocycles. The van der Waals surface area contributed by atoms with E-state index in [-0.39, 0.29) is 18.0 Å². The van der Waals surface area contributed by atoms with Crippen LogP contribution in [0.15, 0.2) is 75.2 Å². The number of furan rings is 1. The zero-order valence-corrected chi connectivity index (χ0v) is 19.6. The van der Waals surface area contributed by atoms with E-state index < -0.39 is 5.25 Å². The van der Waals surface area contributed by atoms with E-state index in [4.69, 9.17) is 21.0 Å². The Balaban J connectivity index is 1.45. The number of amides is 1. The van der Waals surface area contributed by atoms with Crippen LogP contribution in [0.1, 0.15) is 23.8 Å². The average Bonchev–Trinajstić information content (AvgIpc) is 3.34. The number of aromatic nitrogens is 2. The molecule has 0 N–H and O–H groups in total.